The summed E-state index contributed by atoms with van der Waals surface area (Å²) in [5, 5.41) is 20.0. The van der Waals surface area contributed by atoms with Gasteiger partial charge in [0.25, 0.3) is 17.7 Å². The van der Waals surface area contributed by atoms with Crippen LogP contribution in [0.5, 0.6) is 0 Å². The van der Waals surface area contributed by atoms with Crippen LogP contribution in [0.4, 0.5) is 17.1 Å². The van der Waals surface area contributed by atoms with Crippen LogP contribution < -0.4 is 50.6 Å². The third-order valence-corrected chi connectivity index (χ3v) is 14.8. The summed E-state index contributed by atoms with van der Waals surface area (Å²) in [6.45, 7) is 14.8. The van der Waals surface area contributed by atoms with Crippen molar-refractivity contribution in [3.63, 3.8) is 0 Å². The number of ether oxygens (including phenoxy) is 2. The fourth-order valence-corrected chi connectivity index (χ4v) is 9.97. The van der Waals surface area contributed by atoms with Crippen LogP contribution in [-0.2, 0) is 9.47 Å². The Bertz CT molecular complexity index is 4580. The number of amides is 3. The van der Waals surface area contributed by atoms with Gasteiger partial charge in [0.05, 0.1) is 50.8 Å². The van der Waals surface area contributed by atoms with E-state index < -0.39 is 35.0 Å². The molecule has 0 atom stereocenters. The van der Waals surface area contributed by atoms with E-state index in [2.05, 4.69) is 46.8 Å². The number of aromatic carboxylic acids is 1. The fraction of sp³-hybridized carbons (Fsp3) is 0.127. The van der Waals surface area contributed by atoms with Crippen LogP contribution in [0.15, 0.2) is 254 Å². The average Bonchev–Trinajstić information content (AvgIpc) is 0.987. The first kappa shape index (κ1) is 71.4. The summed E-state index contributed by atoms with van der Waals surface area (Å²) in [6, 6.07) is 65.3. The van der Waals surface area contributed by atoms with Gasteiger partial charge < -0.3 is 35.3 Å². The number of carboxylic acids is 1. The van der Waals surface area contributed by atoms with Gasteiger partial charge in [-0.1, -0.05) is 185 Å². The van der Waals surface area contributed by atoms with Gasteiger partial charge in [-0.25, -0.2) is 9.59 Å². The number of aryl methyl sites for hydroxylation is 2. The van der Waals surface area contributed by atoms with E-state index in [1.807, 2.05) is 180 Å². The van der Waals surface area contributed by atoms with Crippen molar-refractivity contribution in [2.24, 2.45) is 0 Å². The third kappa shape index (κ3) is 20.0. The van der Waals surface area contributed by atoms with Crippen LogP contribution in [-0.4, -0.2) is 61.8 Å². The van der Waals surface area contributed by atoms with Crippen molar-refractivity contribution < 1.29 is 72.9 Å². The van der Waals surface area contributed by atoms with E-state index in [1.54, 1.807) is 100 Å². The van der Waals surface area contributed by atoms with E-state index >= 15 is 0 Å². The molecule has 0 unspecified atom stereocenters. The van der Waals surface area contributed by atoms with Gasteiger partial charge in [-0.15, -0.1) is 0 Å². The van der Waals surface area contributed by atoms with E-state index in [0.29, 0.717) is 28.1 Å². The quantitative estimate of drug-likeness (QED) is 0.0684. The number of hydrogen-bond acceptors (Lipinski definition) is 12. The number of rotatable bonds is 14. The van der Waals surface area contributed by atoms with E-state index in [1.165, 1.54) is 24.7 Å². The molecule has 96 heavy (non-hydrogen) atoms. The third-order valence-electron chi connectivity index (χ3n) is 14.3. The van der Waals surface area contributed by atoms with Crippen molar-refractivity contribution in [2.45, 2.75) is 66.6 Å². The van der Waals surface area contributed by atoms with Crippen molar-refractivity contribution in [3.8, 4) is 55.6 Å². The summed E-state index contributed by atoms with van der Waals surface area (Å²) in [7, 11) is 0. The molecule has 0 saturated heterocycles. The number of nitrogens with zero attached hydrogens (tertiary/aromatic N) is 3. The summed E-state index contributed by atoms with van der Waals surface area (Å²) < 4.78 is 11.8. The molecule has 0 radical (unpaired) electrons. The number of carbonyl (C=O) groups excluding carboxylic acids is 6. The Morgan fingerprint density at radius 2 is 0.646 bits per heavy atom. The van der Waals surface area contributed by atoms with Gasteiger partial charge in [0.1, 0.15) is 11.2 Å². The summed E-state index contributed by atoms with van der Waals surface area (Å²) in [4.78, 5) is 88.7. The Morgan fingerprint density at radius 1 is 0.354 bits per heavy atom. The van der Waals surface area contributed by atoms with Crippen LogP contribution in [0.25, 0.3) is 55.6 Å². The fourth-order valence-electron chi connectivity index (χ4n) is 9.61. The van der Waals surface area contributed by atoms with E-state index in [0.717, 1.165) is 71.2 Å². The number of aromatic nitrogens is 3. The van der Waals surface area contributed by atoms with Crippen molar-refractivity contribution in [3.05, 3.63) is 298 Å². The predicted octanol–water partition coefficient (Wildman–Crippen LogP) is 14.0. The number of benzene rings is 8. The van der Waals surface area contributed by atoms with Crippen molar-refractivity contribution in [1.82, 2.24) is 15.0 Å². The van der Waals surface area contributed by atoms with Crippen molar-refractivity contribution in [2.75, 3.05) is 16.0 Å². The zero-order chi connectivity index (χ0) is 67.8. The molecule has 3 aromatic heterocycles. The first-order chi connectivity index (χ1) is 45.4. The van der Waals surface area contributed by atoms with Gasteiger partial charge in [0.15, 0.2) is 0 Å². The first-order valence-electron chi connectivity index (χ1n) is 30.3. The Kier molecular flexibility index (Phi) is 24.2. The van der Waals surface area contributed by atoms with Crippen LogP contribution in [0.3, 0.4) is 0 Å². The molecule has 11 rings (SSSR count). The van der Waals surface area contributed by atoms with Gasteiger partial charge in [0, 0.05) is 63.9 Å². The molecular weight excluding hydrogens is 1280 g/mol. The standard InChI is InChI=1S/C30H28N2O3.C26H20N2O3.C23H21BrN2O3.Na/c1-20-10-12-22(13-11-20)23-14-15-26(29(34)35-30(2,3)4)27(17-23)32-28(33)25-16-24(18-31-19-25)21-8-6-5-7-9-21;1-17-7-9-19(10-8-17)20-11-12-23(26(30)31)24(14-20)28-25(29)22-13-21(15-27-16-22)18-5-3-2-4-6-18;1-23(2,3)29-22(28)19-10-9-18(24)12-20(19)26-21(27)17-11-16(13-25-14-17)15-7-5-4-6-8-15;/h5-19H,1-4H3,(H,32,33);2-16H,1H3,(H,28,29)(H,30,31);4-14H,1-3H3,(H,26,27);/q;;;+1/p-1. The number of halogens is 1. The monoisotopic (exact) mass is 1350 g/mol. The van der Waals surface area contributed by atoms with Gasteiger partial charge in [-0.05, 0) is 149 Å². The predicted molar refractivity (Wildman–Crippen MR) is 375 cm³/mol. The second-order valence-corrected chi connectivity index (χ2v) is 25.0. The smallest absolute Gasteiger partial charge is 0.545 e. The molecule has 11 aromatic rings. The molecule has 0 aliphatic rings. The summed E-state index contributed by atoms with van der Waals surface area (Å²) in [6.07, 6.45) is 9.56. The number of nitrogens with one attached hydrogen (secondary N) is 3. The maximum Gasteiger partial charge on any atom is 1.00 e. The maximum absolute atomic E-state index is 13.2. The van der Waals surface area contributed by atoms with Crippen LogP contribution in [0, 0.1) is 13.8 Å². The minimum atomic E-state index is -1.36. The molecule has 3 heterocycles. The molecule has 0 spiro atoms. The molecular formula is C79H68BrN6NaO9. The molecule has 0 aliphatic carbocycles. The largest absolute Gasteiger partial charge is 1.00 e. The van der Waals surface area contributed by atoms with E-state index in [-0.39, 0.29) is 63.7 Å². The Morgan fingerprint density at radius 3 is 0.979 bits per heavy atom. The molecule has 0 saturated carbocycles. The summed E-state index contributed by atoms with van der Waals surface area (Å²) in [5.41, 5.74) is 12.4. The van der Waals surface area contributed by atoms with Crippen LogP contribution >= 0.6 is 15.9 Å². The number of pyridine rings is 3. The number of anilines is 3. The Balaban J connectivity index is 0.000000184. The zero-order valence-electron chi connectivity index (χ0n) is 54.6. The second kappa shape index (κ2) is 32.6. The Labute approximate surface area is 588 Å². The molecule has 17 heteroatoms. The van der Waals surface area contributed by atoms with Crippen LogP contribution in [0.1, 0.15) is 115 Å². The molecule has 3 amide bonds. The van der Waals surface area contributed by atoms with Gasteiger partial charge in [0.2, 0.25) is 0 Å². The minimum Gasteiger partial charge on any atom is -0.545 e. The molecule has 476 valence electrons. The SMILES string of the molecule is CC(C)(C)OC(=O)c1ccc(Br)cc1NC(=O)c1cncc(-c2ccccc2)c1.Cc1ccc(-c2ccc(C(=O)OC(C)(C)C)c(NC(=O)c3cncc(-c4ccccc4)c3)c2)cc1.Cc1ccc(-c2ccc(C(=O)[O-])c(NC(=O)c3cncc(-c4ccccc4)c3)c2)cc1.[Na+]. The second-order valence-electron chi connectivity index (χ2n) is 24.1. The summed E-state index contributed by atoms with van der Waals surface area (Å²) in [5.74, 6) is -3.54. The van der Waals surface area contributed by atoms with E-state index in [4.69, 9.17) is 9.47 Å². The summed E-state index contributed by atoms with van der Waals surface area (Å²) >= 11 is 3.38. The molecule has 0 fully saturated rings. The number of hydrogen-bond donors (Lipinski definition) is 3. The first-order valence-corrected chi connectivity index (χ1v) is 31.1. The topological polar surface area (TPSA) is 219 Å². The van der Waals surface area contributed by atoms with Crippen molar-refractivity contribution >= 4 is 68.6 Å². The zero-order valence-corrected chi connectivity index (χ0v) is 58.2. The normalized spacial score (nSPS) is 10.8. The molecule has 8 aromatic carbocycles. The van der Waals surface area contributed by atoms with E-state index in [9.17, 15) is 33.9 Å². The van der Waals surface area contributed by atoms with Gasteiger partial charge in [-0.3, -0.25) is 29.3 Å². The number of carbonyl (C=O) groups is 6. The van der Waals surface area contributed by atoms with Crippen molar-refractivity contribution in [1.29, 1.82) is 0 Å². The number of carboxylic acid groups (broad SMARTS) is 1. The Hall–Kier alpha value is -10.5. The van der Waals surface area contributed by atoms with Gasteiger partial charge >= 0.3 is 41.5 Å². The average molecular weight is 1350 g/mol. The van der Waals surface area contributed by atoms with Gasteiger partial charge in [-0.2, -0.15) is 0 Å². The molecule has 3 N–H and O–H groups in total. The van der Waals surface area contributed by atoms with Crippen LogP contribution in [0.2, 0.25) is 0 Å². The molecule has 0 bridgehead atoms. The maximum atomic E-state index is 13.2. The minimum absolute atomic E-state index is 0. The number of esters is 2. The molecule has 0 aliphatic heterocycles. The molecule has 15 nitrogen and oxygen atoms in total.